The fourth-order valence-corrected chi connectivity index (χ4v) is 9.15. The Morgan fingerprint density at radius 2 is 0.481 bits per heavy atom. The molecule has 0 saturated heterocycles. The van der Waals surface area contributed by atoms with Crippen molar-refractivity contribution in [1.29, 1.82) is 0 Å². The van der Waals surface area contributed by atoms with E-state index in [0.717, 1.165) is 141 Å². The molecule has 0 amide bonds. The van der Waals surface area contributed by atoms with Gasteiger partial charge in [-0.25, -0.2) is 0 Å². The monoisotopic (exact) mass is 1120 g/mol. The summed E-state index contributed by atoms with van der Waals surface area (Å²) in [6, 6.07) is 0. The number of allylic oxidation sites excluding steroid dienone is 22. The summed E-state index contributed by atoms with van der Waals surface area (Å²) in [6.45, 7) is 6.31. The molecule has 1 unspecified atom stereocenters. The molecule has 6 heteroatoms. The fourth-order valence-electron chi connectivity index (χ4n) is 9.15. The molecule has 0 aliphatic rings. The van der Waals surface area contributed by atoms with Crippen LogP contribution in [0.2, 0.25) is 0 Å². The van der Waals surface area contributed by atoms with Gasteiger partial charge in [0, 0.05) is 19.3 Å². The first kappa shape index (κ1) is 76.5. The number of ether oxygens (including phenoxy) is 3. The number of carbonyl (C=O) groups is 3. The van der Waals surface area contributed by atoms with Crippen molar-refractivity contribution in [3.8, 4) is 0 Å². The summed E-state index contributed by atoms with van der Waals surface area (Å²) in [5, 5.41) is 0. The molecule has 0 aliphatic heterocycles. The average molecular weight is 1120 g/mol. The number of unbranched alkanes of at least 4 members (excludes halogenated alkanes) is 27. The Bertz CT molecular complexity index is 1720. The third kappa shape index (κ3) is 66.2. The van der Waals surface area contributed by atoms with Crippen LogP contribution in [0, 0.1) is 0 Å². The highest BCUT2D eigenvalue weighted by atomic mass is 16.6. The first-order valence-electron chi connectivity index (χ1n) is 33.7. The van der Waals surface area contributed by atoms with E-state index in [0.29, 0.717) is 19.3 Å². The fraction of sp³-hybridized carbons (Fsp3) is 0.667. The lowest BCUT2D eigenvalue weighted by Gasteiger charge is -2.18. The van der Waals surface area contributed by atoms with Gasteiger partial charge < -0.3 is 14.2 Å². The van der Waals surface area contributed by atoms with Crippen LogP contribution in [0.3, 0.4) is 0 Å². The van der Waals surface area contributed by atoms with Crippen molar-refractivity contribution in [3.63, 3.8) is 0 Å². The van der Waals surface area contributed by atoms with Crippen molar-refractivity contribution in [2.24, 2.45) is 0 Å². The van der Waals surface area contributed by atoms with Crippen molar-refractivity contribution in [1.82, 2.24) is 0 Å². The second-order valence-corrected chi connectivity index (χ2v) is 22.0. The Morgan fingerprint density at radius 1 is 0.259 bits per heavy atom. The third-order valence-corrected chi connectivity index (χ3v) is 14.1. The Balaban J connectivity index is 4.16. The van der Waals surface area contributed by atoms with Crippen LogP contribution in [0.1, 0.15) is 303 Å². The van der Waals surface area contributed by atoms with E-state index in [1.54, 1.807) is 0 Å². The zero-order valence-corrected chi connectivity index (χ0v) is 52.8. The van der Waals surface area contributed by atoms with Crippen LogP contribution in [0.5, 0.6) is 0 Å². The molecule has 0 fully saturated rings. The molecular formula is C75H124O6. The first-order valence-corrected chi connectivity index (χ1v) is 33.7. The summed E-state index contributed by atoms with van der Waals surface area (Å²) in [4.78, 5) is 38.3. The molecule has 0 aromatic heterocycles. The maximum absolute atomic E-state index is 12.9. The number of hydrogen-bond donors (Lipinski definition) is 0. The van der Waals surface area contributed by atoms with Crippen LogP contribution in [-0.2, 0) is 28.6 Å². The molecule has 0 N–H and O–H groups in total. The Morgan fingerprint density at radius 3 is 0.778 bits per heavy atom. The molecule has 0 aromatic rings. The Kier molecular flexibility index (Phi) is 64.3. The van der Waals surface area contributed by atoms with Crippen LogP contribution < -0.4 is 0 Å². The lowest BCUT2D eigenvalue weighted by molar-refractivity contribution is -0.167. The zero-order valence-electron chi connectivity index (χ0n) is 52.8. The molecular weight excluding hydrogens is 997 g/mol. The molecule has 0 saturated carbocycles. The van der Waals surface area contributed by atoms with Gasteiger partial charge in [0.15, 0.2) is 6.10 Å². The predicted molar refractivity (Wildman–Crippen MR) is 353 cm³/mol. The first-order chi connectivity index (χ1) is 40.0. The number of hydrogen-bond acceptors (Lipinski definition) is 6. The van der Waals surface area contributed by atoms with Crippen LogP contribution in [0.15, 0.2) is 134 Å². The molecule has 0 aliphatic carbocycles. The second-order valence-electron chi connectivity index (χ2n) is 22.0. The van der Waals surface area contributed by atoms with Crippen molar-refractivity contribution in [2.75, 3.05) is 13.2 Å². The van der Waals surface area contributed by atoms with Gasteiger partial charge in [0.05, 0.1) is 0 Å². The predicted octanol–water partition coefficient (Wildman–Crippen LogP) is 23.3. The zero-order chi connectivity index (χ0) is 58.5. The summed E-state index contributed by atoms with van der Waals surface area (Å²) < 4.78 is 16.9. The largest absolute Gasteiger partial charge is 0.462 e. The van der Waals surface area contributed by atoms with Gasteiger partial charge in [0.25, 0.3) is 0 Å². The Labute approximate surface area is 500 Å². The third-order valence-electron chi connectivity index (χ3n) is 14.1. The van der Waals surface area contributed by atoms with Crippen LogP contribution in [0.4, 0.5) is 0 Å². The van der Waals surface area contributed by atoms with Crippen LogP contribution >= 0.6 is 0 Å². The summed E-state index contributed by atoms with van der Waals surface area (Å²) in [7, 11) is 0. The normalized spacial score (nSPS) is 13.0. The molecule has 1 atom stereocenters. The van der Waals surface area contributed by atoms with E-state index in [-0.39, 0.29) is 37.5 Å². The van der Waals surface area contributed by atoms with E-state index in [1.165, 1.54) is 116 Å². The van der Waals surface area contributed by atoms with Crippen molar-refractivity contribution in [3.05, 3.63) is 134 Å². The standard InChI is InChI=1S/C75H124O6/c1-4-7-10-13-16-19-22-25-27-28-29-30-31-32-33-34-35-36-37-38-39-40-41-42-43-44-45-46-48-50-53-56-59-62-65-68-74(77)80-71-72(70-79-73(76)67-64-61-58-55-52-49-24-21-18-15-12-9-6-3)81-75(78)69-66-63-60-57-54-51-47-26-23-20-17-14-11-8-5-2/h7-8,10-12,15-17,19-21,24-27,29-30,32-33,47,54,57,72H,4-6,9,13-14,18,22-23,28,31,34-46,48-53,55-56,58-71H2,1-3H3/b10-7-,11-8-,15-12-,19-16-,20-17-,24-21-,27-25-,30-29-,33-32-,47-26-,57-54-. The molecule has 81 heavy (non-hydrogen) atoms. The Hall–Kier alpha value is -4.45. The maximum atomic E-state index is 12.9. The topological polar surface area (TPSA) is 78.9 Å². The van der Waals surface area contributed by atoms with Crippen molar-refractivity contribution >= 4 is 17.9 Å². The molecule has 460 valence electrons. The maximum Gasteiger partial charge on any atom is 0.306 e. The minimum absolute atomic E-state index is 0.0996. The van der Waals surface area contributed by atoms with Crippen molar-refractivity contribution < 1.29 is 28.6 Å². The highest BCUT2D eigenvalue weighted by molar-refractivity contribution is 5.71. The van der Waals surface area contributed by atoms with Gasteiger partial charge in [-0.3, -0.25) is 14.4 Å². The molecule has 0 aromatic carbocycles. The number of carbonyl (C=O) groups excluding carboxylic acids is 3. The summed E-state index contributed by atoms with van der Waals surface area (Å²) in [5.41, 5.74) is 0. The van der Waals surface area contributed by atoms with Gasteiger partial charge in [-0.2, -0.15) is 0 Å². The van der Waals surface area contributed by atoms with Crippen LogP contribution in [-0.4, -0.2) is 37.2 Å². The van der Waals surface area contributed by atoms with E-state index >= 15 is 0 Å². The minimum Gasteiger partial charge on any atom is -0.462 e. The molecule has 0 bridgehead atoms. The second kappa shape index (κ2) is 68.1. The highest BCUT2D eigenvalue weighted by Gasteiger charge is 2.19. The highest BCUT2D eigenvalue weighted by Crippen LogP contribution is 2.17. The minimum atomic E-state index is -0.808. The molecule has 0 spiro atoms. The molecule has 0 radical (unpaired) electrons. The van der Waals surface area contributed by atoms with Gasteiger partial charge in [-0.15, -0.1) is 0 Å². The van der Waals surface area contributed by atoms with E-state index in [9.17, 15) is 14.4 Å². The van der Waals surface area contributed by atoms with Gasteiger partial charge in [-0.05, 0) is 128 Å². The summed E-state index contributed by atoms with van der Waals surface area (Å²) in [6.07, 6.45) is 96.4. The lowest BCUT2D eigenvalue weighted by atomic mass is 10.0. The SMILES string of the molecule is CC/C=C\C/C=C\C/C=C\C/C=C\C/C=C\CCCCCCCCCCCCCCCCCCCCCC(=O)OCC(COC(=O)CCCCCCC/C=C\C/C=C\CCC)OC(=O)CCCC/C=C\C/C=C\C/C=C\C/C=C\CC. The number of esters is 3. The van der Waals surface area contributed by atoms with Gasteiger partial charge in [-0.1, -0.05) is 289 Å². The number of rotatable bonds is 60. The van der Waals surface area contributed by atoms with Crippen LogP contribution in [0.25, 0.3) is 0 Å². The van der Waals surface area contributed by atoms with Gasteiger partial charge >= 0.3 is 17.9 Å². The summed E-state index contributed by atoms with van der Waals surface area (Å²) >= 11 is 0. The molecule has 0 rings (SSSR count). The molecule has 6 nitrogen and oxygen atoms in total. The lowest BCUT2D eigenvalue weighted by Crippen LogP contribution is -2.30. The van der Waals surface area contributed by atoms with E-state index in [2.05, 4.69) is 154 Å². The van der Waals surface area contributed by atoms with E-state index in [1.807, 2.05) is 0 Å². The van der Waals surface area contributed by atoms with E-state index in [4.69, 9.17) is 14.2 Å². The van der Waals surface area contributed by atoms with Gasteiger partial charge in [0.2, 0.25) is 0 Å². The van der Waals surface area contributed by atoms with Gasteiger partial charge in [0.1, 0.15) is 13.2 Å². The quantitative estimate of drug-likeness (QED) is 0.0261. The average Bonchev–Trinajstić information content (AvgIpc) is 3.46. The summed E-state index contributed by atoms with van der Waals surface area (Å²) in [5.74, 6) is -0.951. The molecule has 0 heterocycles. The van der Waals surface area contributed by atoms with Crippen molar-refractivity contribution in [2.45, 2.75) is 309 Å². The smallest absolute Gasteiger partial charge is 0.306 e. The van der Waals surface area contributed by atoms with E-state index < -0.39 is 6.10 Å².